The van der Waals surface area contributed by atoms with E-state index in [-0.39, 0.29) is 35.5 Å². The lowest BCUT2D eigenvalue weighted by molar-refractivity contribution is -0.140. The van der Waals surface area contributed by atoms with Crippen molar-refractivity contribution in [3.05, 3.63) is 57.1 Å². The number of phenolic OH excluding ortho intramolecular Hbond substituents is 1. The number of Topliss-reactive ketones (excluding diaryl/α,β-unsaturated/α-hetero) is 1. The van der Waals surface area contributed by atoms with Crippen LogP contribution >= 0.6 is 15.9 Å². The van der Waals surface area contributed by atoms with Gasteiger partial charge < -0.3 is 29.3 Å². The maximum absolute atomic E-state index is 13.2. The summed E-state index contributed by atoms with van der Waals surface area (Å²) in [5, 5.41) is 21.6. The van der Waals surface area contributed by atoms with E-state index in [0.717, 1.165) is 11.3 Å². The van der Waals surface area contributed by atoms with Gasteiger partial charge in [0.25, 0.3) is 11.7 Å². The molecule has 8 nitrogen and oxygen atoms in total. The highest BCUT2D eigenvalue weighted by Gasteiger charge is 2.46. The lowest BCUT2D eigenvalue weighted by atomic mass is 9.94. The molecule has 2 aliphatic heterocycles. The second-order valence-electron chi connectivity index (χ2n) is 8.35. The Hall–Kier alpha value is -3.04. The number of rotatable bonds is 7. The first kappa shape index (κ1) is 24.1. The van der Waals surface area contributed by atoms with Gasteiger partial charge in [0, 0.05) is 32.2 Å². The van der Waals surface area contributed by atoms with E-state index in [1.54, 1.807) is 37.4 Å². The van der Waals surface area contributed by atoms with Gasteiger partial charge in [-0.15, -0.1) is 0 Å². The van der Waals surface area contributed by atoms with Crippen molar-refractivity contribution in [2.45, 2.75) is 31.9 Å². The summed E-state index contributed by atoms with van der Waals surface area (Å²) in [6.07, 6.45) is 1.22. The highest BCUT2D eigenvalue weighted by molar-refractivity contribution is 9.10. The number of carbonyl (C=O) groups excluding carboxylic acids is 2. The minimum absolute atomic E-state index is 0.0195. The van der Waals surface area contributed by atoms with E-state index in [4.69, 9.17) is 14.2 Å². The number of amides is 1. The van der Waals surface area contributed by atoms with Crippen LogP contribution < -0.4 is 9.47 Å². The van der Waals surface area contributed by atoms with Crippen molar-refractivity contribution in [2.24, 2.45) is 0 Å². The summed E-state index contributed by atoms with van der Waals surface area (Å²) in [6.45, 7) is 2.61. The Morgan fingerprint density at radius 1 is 1.24 bits per heavy atom. The molecule has 0 unspecified atom stereocenters. The van der Waals surface area contributed by atoms with Gasteiger partial charge in [-0.25, -0.2) is 0 Å². The van der Waals surface area contributed by atoms with Crippen molar-refractivity contribution >= 4 is 33.4 Å². The maximum atomic E-state index is 13.2. The van der Waals surface area contributed by atoms with Crippen molar-refractivity contribution in [3.8, 4) is 17.2 Å². The highest BCUT2D eigenvalue weighted by atomic mass is 79.9. The molecule has 9 heteroatoms. The zero-order chi connectivity index (χ0) is 24.6. The van der Waals surface area contributed by atoms with Crippen molar-refractivity contribution in [3.63, 3.8) is 0 Å². The Morgan fingerprint density at radius 3 is 2.71 bits per heavy atom. The lowest BCUT2D eigenvalue weighted by Crippen LogP contribution is -2.31. The topological polar surface area (TPSA) is 106 Å². The molecule has 4 rings (SSSR count). The van der Waals surface area contributed by atoms with E-state index in [9.17, 15) is 19.8 Å². The average molecular weight is 532 g/mol. The molecule has 1 fully saturated rings. The van der Waals surface area contributed by atoms with Gasteiger partial charge in [-0.3, -0.25) is 9.59 Å². The minimum Gasteiger partial charge on any atom is -0.507 e. The van der Waals surface area contributed by atoms with E-state index in [1.165, 1.54) is 12.0 Å². The van der Waals surface area contributed by atoms with Crippen LogP contribution in [0.3, 0.4) is 0 Å². The molecule has 0 radical (unpaired) electrons. The van der Waals surface area contributed by atoms with Crippen LogP contribution in [0.15, 0.2) is 40.4 Å². The summed E-state index contributed by atoms with van der Waals surface area (Å²) < 4.78 is 16.5. The monoisotopic (exact) mass is 531 g/mol. The molecule has 0 bridgehead atoms. The number of hydrogen-bond acceptors (Lipinski definition) is 7. The molecule has 2 heterocycles. The number of likely N-dealkylation sites (tertiary alicyclic amines) is 1. The van der Waals surface area contributed by atoms with E-state index >= 15 is 0 Å². The fourth-order valence-corrected chi connectivity index (χ4v) is 4.93. The zero-order valence-corrected chi connectivity index (χ0v) is 20.7. The van der Waals surface area contributed by atoms with Crippen LogP contribution in [0.25, 0.3) is 5.76 Å². The minimum atomic E-state index is -0.869. The molecule has 34 heavy (non-hydrogen) atoms. The number of ketones is 1. The zero-order valence-electron chi connectivity index (χ0n) is 19.1. The van der Waals surface area contributed by atoms with Crippen molar-refractivity contribution in [2.75, 3.05) is 27.4 Å². The third-order valence-electron chi connectivity index (χ3n) is 6.04. The number of halogens is 1. The second kappa shape index (κ2) is 9.68. The normalized spacial score (nSPS) is 21.0. The molecular formula is C25H26BrNO7. The van der Waals surface area contributed by atoms with Crippen LogP contribution in [-0.4, -0.2) is 60.3 Å². The van der Waals surface area contributed by atoms with Gasteiger partial charge in [-0.05, 0) is 70.7 Å². The Kier molecular flexibility index (Phi) is 6.86. The fraction of sp³-hybridized carbons (Fsp3) is 0.360. The summed E-state index contributed by atoms with van der Waals surface area (Å²) in [5.74, 6) is -0.918. The molecule has 0 aromatic heterocycles. The molecule has 1 saturated heterocycles. The van der Waals surface area contributed by atoms with E-state index in [1.807, 2.05) is 6.92 Å². The summed E-state index contributed by atoms with van der Waals surface area (Å²) >= 11 is 3.31. The molecule has 2 aromatic rings. The number of benzene rings is 2. The summed E-state index contributed by atoms with van der Waals surface area (Å²) in [4.78, 5) is 27.6. The largest absolute Gasteiger partial charge is 0.507 e. The van der Waals surface area contributed by atoms with Gasteiger partial charge >= 0.3 is 0 Å². The second-order valence-corrected chi connectivity index (χ2v) is 9.20. The number of aliphatic hydroxyl groups is 1. The molecular weight excluding hydrogens is 506 g/mol. The molecule has 2 atom stereocenters. The number of methoxy groups -OCH3 is 2. The molecule has 1 amide bonds. The predicted octanol–water partition coefficient (Wildman–Crippen LogP) is 3.94. The molecule has 180 valence electrons. The number of ether oxygens (including phenoxy) is 3. The van der Waals surface area contributed by atoms with E-state index < -0.39 is 17.7 Å². The first-order valence-electron chi connectivity index (χ1n) is 10.9. The Balaban J connectivity index is 1.86. The molecule has 0 spiro atoms. The van der Waals surface area contributed by atoms with Crippen LogP contribution in [0.5, 0.6) is 17.2 Å². The van der Waals surface area contributed by atoms with Crippen LogP contribution in [0.4, 0.5) is 0 Å². The lowest BCUT2D eigenvalue weighted by Gasteiger charge is -2.26. The maximum Gasteiger partial charge on any atom is 0.295 e. The standard InChI is InChI=1S/C25H26BrNO7/c1-13-9-15-10-14(5-6-18(15)34-13)22(28)20-21(16-11-17(26)23(29)19(12-16)33-3)27(7-4-8-32-2)25(31)24(20)30/h5-6,10-13,21,28-29H,4,7-9H2,1-3H3/t13-,21-/m0/s1. The van der Waals surface area contributed by atoms with E-state index in [0.29, 0.717) is 35.0 Å². The van der Waals surface area contributed by atoms with Crippen molar-refractivity contribution in [1.82, 2.24) is 4.90 Å². The first-order chi connectivity index (χ1) is 16.3. The molecule has 2 aliphatic rings. The molecule has 0 aliphatic carbocycles. The first-order valence-corrected chi connectivity index (χ1v) is 11.7. The van der Waals surface area contributed by atoms with Gasteiger partial charge in [-0.1, -0.05) is 0 Å². The quantitative estimate of drug-likeness (QED) is 0.241. The highest BCUT2D eigenvalue weighted by Crippen LogP contribution is 2.44. The number of carbonyl (C=O) groups is 2. The van der Waals surface area contributed by atoms with E-state index in [2.05, 4.69) is 15.9 Å². The Morgan fingerprint density at radius 2 is 2.00 bits per heavy atom. The molecule has 2 aromatic carbocycles. The number of fused-ring (bicyclic) bond motifs is 1. The third-order valence-corrected chi connectivity index (χ3v) is 6.65. The average Bonchev–Trinajstić information content (AvgIpc) is 3.31. The molecule has 0 saturated carbocycles. The number of nitrogens with zero attached hydrogens (tertiary/aromatic N) is 1. The number of aromatic hydroxyl groups is 1. The molecule has 2 N–H and O–H groups in total. The number of phenols is 1. The Labute approximate surface area is 205 Å². The van der Waals surface area contributed by atoms with Crippen molar-refractivity contribution < 1.29 is 34.0 Å². The van der Waals surface area contributed by atoms with Crippen LogP contribution in [-0.2, 0) is 20.7 Å². The van der Waals surface area contributed by atoms with Gasteiger partial charge in [-0.2, -0.15) is 0 Å². The number of hydrogen-bond donors (Lipinski definition) is 2. The Bertz CT molecular complexity index is 1180. The van der Waals surface area contributed by atoms with Gasteiger partial charge in [0.1, 0.15) is 17.6 Å². The van der Waals surface area contributed by atoms with Crippen molar-refractivity contribution in [1.29, 1.82) is 0 Å². The van der Waals surface area contributed by atoms with Gasteiger partial charge in [0.2, 0.25) is 0 Å². The third kappa shape index (κ3) is 4.25. The number of aliphatic hydroxyl groups excluding tert-OH is 1. The van der Waals surface area contributed by atoms with Crippen LogP contribution in [0, 0.1) is 0 Å². The summed E-state index contributed by atoms with van der Waals surface area (Å²) in [5.41, 5.74) is 1.85. The van der Waals surface area contributed by atoms with Gasteiger partial charge in [0.15, 0.2) is 11.5 Å². The summed E-state index contributed by atoms with van der Waals surface area (Å²) in [6, 6.07) is 7.53. The predicted molar refractivity (Wildman–Crippen MR) is 128 cm³/mol. The van der Waals surface area contributed by atoms with Crippen LogP contribution in [0.1, 0.15) is 36.1 Å². The SMILES string of the molecule is COCCCN1C(=O)C(=O)C(=C(O)c2ccc3c(c2)C[C@H](C)O3)[C@@H]1c1cc(Br)c(O)c(OC)c1. The summed E-state index contributed by atoms with van der Waals surface area (Å²) in [7, 11) is 2.97. The van der Waals surface area contributed by atoms with Gasteiger partial charge in [0.05, 0.1) is 23.2 Å². The van der Waals surface area contributed by atoms with Crippen LogP contribution in [0.2, 0.25) is 0 Å². The smallest absolute Gasteiger partial charge is 0.295 e. The fourth-order valence-electron chi connectivity index (χ4n) is 4.47.